The maximum Gasteiger partial charge on any atom is 0.269 e. The molecule has 1 heterocycles. The van der Waals surface area contributed by atoms with E-state index in [-0.39, 0.29) is 23.0 Å². The third kappa shape index (κ3) is 1.79. The molecule has 2 rings (SSSR count). The van der Waals surface area contributed by atoms with Gasteiger partial charge in [0, 0.05) is 25.2 Å². The van der Waals surface area contributed by atoms with E-state index in [0.29, 0.717) is 0 Å². The normalized spacial score (nSPS) is 13.2. The fraction of sp³-hybridized carbons (Fsp3) is 0.250. The van der Waals surface area contributed by atoms with E-state index in [9.17, 15) is 10.1 Å². The highest BCUT2D eigenvalue weighted by Gasteiger charge is 2.13. The Hall–Kier alpha value is -1.13. The predicted octanol–water partition coefficient (Wildman–Crippen LogP) is 1.62. The lowest BCUT2D eigenvalue weighted by Gasteiger charge is -1.95. The predicted molar refractivity (Wildman–Crippen MR) is 50.9 cm³/mol. The quantitative estimate of drug-likeness (QED) is 0.554. The Kier molecular flexibility index (Phi) is 2.85. The smallest absolute Gasteiger partial charge is 0.269 e. The van der Waals surface area contributed by atoms with Crippen molar-refractivity contribution in [3.8, 4) is 0 Å². The SMILES string of the molecule is Cl.O=[N+]([O-])c1ccc2c(c1)CNC2. The molecule has 4 nitrogen and oxygen atoms in total. The van der Waals surface area contributed by atoms with Gasteiger partial charge in [0.15, 0.2) is 0 Å². The Bertz CT molecular complexity index is 341. The number of nitrogens with zero attached hydrogens (tertiary/aromatic N) is 1. The van der Waals surface area contributed by atoms with Crippen molar-refractivity contribution in [1.82, 2.24) is 5.32 Å². The number of non-ortho nitro benzene ring substituents is 1. The molecule has 5 heteroatoms. The second kappa shape index (κ2) is 3.72. The van der Waals surface area contributed by atoms with Crippen LogP contribution < -0.4 is 5.32 Å². The number of nitrogens with one attached hydrogen (secondary N) is 1. The zero-order valence-electron chi connectivity index (χ0n) is 6.82. The minimum Gasteiger partial charge on any atom is -0.309 e. The molecule has 0 amide bonds. The van der Waals surface area contributed by atoms with Gasteiger partial charge in [0.1, 0.15) is 0 Å². The molecule has 1 aliphatic heterocycles. The summed E-state index contributed by atoms with van der Waals surface area (Å²) in [5.74, 6) is 0. The van der Waals surface area contributed by atoms with Crippen LogP contribution in [0.2, 0.25) is 0 Å². The number of hydrogen-bond acceptors (Lipinski definition) is 3. The number of halogens is 1. The van der Waals surface area contributed by atoms with Crippen molar-refractivity contribution < 1.29 is 4.92 Å². The third-order valence-electron chi connectivity index (χ3n) is 2.03. The number of fused-ring (bicyclic) bond motifs is 1. The molecule has 1 aliphatic rings. The summed E-state index contributed by atoms with van der Waals surface area (Å²) < 4.78 is 0. The highest BCUT2D eigenvalue weighted by Crippen LogP contribution is 2.20. The van der Waals surface area contributed by atoms with Crippen molar-refractivity contribution in [2.24, 2.45) is 0 Å². The first-order valence-electron chi connectivity index (χ1n) is 3.74. The number of rotatable bonds is 1. The fourth-order valence-electron chi connectivity index (χ4n) is 1.39. The standard InChI is InChI=1S/C8H8N2O2.ClH/c11-10(12)8-2-1-6-4-9-5-7(6)3-8;/h1-3,9H,4-5H2;1H. The Morgan fingerprint density at radius 2 is 2.00 bits per heavy atom. The highest BCUT2D eigenvalue weighted by atomic mass is 35.5. The van der Waals surface area contributed by atoms with Gasteiger partial charge >= 0.3 is 0 Å². The van der Waals surface area contributed by atoms with Crippen molar-refractivity contribution >= 4 is 18.1 Å². The summed E-state index contributed by atoms with van der Waals surface area (Å²) in [6.45, 7) is 1.57. The van der Waals surface area contributed by atoms with Crippen LogP contribution in [0, 0.1) is 10.1 Å². The van der Waals surface area contributed by atoms with Gasteiger partial charge < -0.3 is 5.32 Å². The molecule has 0 aromatic heterocycles. The number of nitro benzene ring substituents is 1. The lowest BCUT2D eigenvalue weighted by atomic mass is 10.1. The first kappa shape index (κ1) is 9.95. The molecule has 0 bridgehead atoms. The zero-order valence-corrected chi connectivity index (χ0v) is 7.63. The molecule has 0 unspecified atom stereocenters. The molecule has 0 atom stereocenters. The summed E-state index contributed by atoms with van der Waals surface area (Å²) in [6.07, 6.45) is 0. The van der Waals surface area contributed by atoms with Crippen LogP contribution in [0.5, 0.6) is 0 Å². The Balaban J connectivity index is 0.000000845. The van der Waals surface area contributed by atoms with Crippen molar-refractivity contribution in [2.45, 2.75) is 13.1 Å². The van der Waals surface area contributed by atoms with E-state index in [0.717, 1.165) is 18.7 Å². The Labute approximate surface area is 81.5 Å². The summed E-state index contributed by atoms with van der Waals surface area (Å²) in [5, 5.41) is 13.5. The molecule has 0 saturated heterocycles. The number of nitro groups is 1. The molecule has 1 aromatic carbocycles. The average Bonchev–Trinajstić information content (AvgIpc) is 2.49. The first-order chi connectivity index (χ1) is 5.77. The van der Waals surface area contributed by atoms with Crippen molar-refractivity contribution in [2.75, 3.05) is 0 Å². The molecular formula is C8H9ClN2O2. The van der Waals surface area contributed by atoms with Crippen LogP contribution in [0.4, 0.5) is 5.69 Å². The van der Waals surface area contributed by atoms with E-state index in [4.69, 9.17) is 0 Å². The summed E-state index contributed by atoms with van der Waals surface area (Å²) in [6, 6.07) is 4.99. The Morgan fingerprint density at radius 3 is 2.69 bits per heavy atom. The summed E-state index contributed by atoms with van der Waals surface area (Å²) in [7, 11) is 0. The zero-order chi connectivity index (χ0) is 8.55. The lowest BCUT2D eigenvalue weighted by Crippen LogP contribution is -1.99. The van der Waals surface area contributed by atoms with Crippen LogP contribution in [0.1, 0.15) is 11.1 Å². The van der Waals surface area contributed by atoms with Crippen molar-refractivity contribution in [3.05, 3.63) is 39.4 Å². The molecule has 0 spiro atoms. The van der Waals surface area contributed by atoms with Gasteiger partial charge in [-0.2, -0.15) is 0 Å². The molecule has 1 aromatic rings. The monoisotopic (exact) mass is 200 g/mol. The van der Waals surface area contributed by atoms with Gasteiger partial charge in [0.25, 0.3) is 5.69 Å². The summed E-state index contributed by atoms with van der Waals surface area (Å²) in [5.41, 5.74) is 2.39. The van der Waals surface area contributed by atoms with E-state index < -0.39 is 0 Å². The molecule has 13 heavy (non-hydrogen) atoms. The first-order valence-corrected chi connectivity index (χ1v) is 3.74. The van der Waals surface area contributed by atoms with Crippen LogP contribution in [-0.2, 0) is 13.1 Å². The number of hydrogen-bond donors (Lipinski definition) is 1. The van der Waals surface area contributed by atoms with E-state index in [1.54, 1.807) is 12.1 Å². The van der Waals surface area contributed by atoms with E-state index in [1.165, 1.54) is 5.56 Å². The molecule has 0 saturated carbocycles. The second-order valence-corrected chi connectivity index (χ2v) is 2.81. The van der Waals surface area contributed by atoms with E-state index in [1.807, 2.05) is 6.07 Å². The van der Waals surface area contributed by atoms with E-state index >= 15 is 0 Å². The molecule has 1 N–H and O–H groups in total. The largest absolute Gasteiger partial charge is 0.309 e. The molecule has 70 valence electrons. The minimum atomic E-state index is -0.362. The van der Waals surface area contributed by atoms with Crippen molar-refractivity contribution in [1.29, 1.82) is 0 Å². The highest BCUT2D eigenvalue weighted by molar-refractivity contribution is 5.85. The van der Waals surface area contributed by atoms with Gasteiger partial charge in [-0.25, -0.2) is 0 Å². The fourth-order valence-corrected chi connectivity index (χ4v) is 1.39. The topological polar surface area (TPSA) is 55.2 Å². The summed E-state index contributed by atoms with van der Waals surface area (Å²) in [4.78, 5) is 10.0. The van der Waals surface area contributed by atoms with Gasteiger partial charge in [-0.15, -0.1) is 12.4 Å². The van der Waals surface area contributed by atoms with Gasteiger partial charge in [-0.1, -0.05) is 6.07 Å². The van der Waals surface area contributed by atoms with Crippen LogP contribution in [-0.4, -0.2) is 4.92 Å². The number of benzene rings is 1. The molecule has 0 radical (unpaired) electrons. The molecule has 0 fully saturated rings. The summed E-state index contributed by atoms with van der Waals surface area (Å²) >= 11 is 0. The Morgan fingerprint density at radius 1 is 1.31 bits per heavy atom. The average molecular weight is 201 g/mol. The van der Waals surface area contributed by atoms with Crippen LogP contribution >= 0.6 is 12.4 Å². The van der Waals surface area contributed by atoms with Gasteiger partial charge in [-0.05, 0) is 11.1 Å². The third-order valence-corrected chi connectivity index (χ3v) is 2.03. The van der Waals surface area contributed by atoms with Crippen LogP contribution in [0.15, 0.2) is 18.2 Å². The molecule has 0 aliphatic carbocycles. The van der Waals surface area contributed by atoms with E-state index in [2.05, 4.69) is 5.32 Å². The van der Waals surface area contributed by atoms with Crippen LogP contribution in [0.25, 0.3) is 0 Å². The van der Waals surface area contributed by atoms with Gasteiger partial charge in [0.2, 0.25) is 0 Å². The molecular weight excluding hydrogens is 192 g/mol. The second-order valence-electron chi connectivity index (χ2n) is 2.81. The maximum atomic E-state index is 10.4. The van der Waals surface area contributed by atoms with Crippen molar-refractivity contribution in [3.63, 3.8) is 0 Å². The van der Waals surface area contributed by atoms with Gasteiger partial charge in [0.05, 0.1) is 4.92 Å². The minimum absolute atomic E-state index is 0. The van der Waals surface area contributed by atoms with Gasteiger partial charge in [-0.3, -0.25) is 10.1 Å². The lowest BCUT2D eigenvalue weighted by molar-refractivity contribution is -0.384. The maximum absolute atomic E-state index is 10.4. The van der Waals surface area contributed by atoms with Crippen LogP contribution in [0.3, 0.4) is 0 Å².